The monoisotopic (exact) mass is 463 g/mol. The largest absolute Gasteiger partial charge is 0.465 e. The van der Waals surface area contributed by atoms with Crippen LogP contribution in [0, 0.1) is 13.8 Å². The van der Waals surface area contributed by atoms with E-state index in [1.54, 1.807) is 24.3 Å². The minimum absolute atomic E-state index is 0.271. The summed E-state index contributed by atoms with van der Waals surface area (Å²) in [5.41, 5.74) is 3.05. The Morgan fingerprint density at radius 2 is 1.88 bits per heavy atom. The molecule has 1 amide bonds. The molecule has 0 saturated heterocycles. The molecule has 33 heavy (non-hydrogen) atoms. The fraction of sp³-hybridized carbons (Fsp3) is 0.174. The van der Waals surface area contributed by atoms with Gasteiger partial charge in [0.2, 0.25) is 5.91 Å². The van der Waals surface area contributed by atoms with Crippen LogP contribution in [-0.4, -0.2) is 38.2 Å². The number of carbonyl (C=O) groups is 2. The quantitative estimate of drug-likeness (QED) is 0.438. The van der Waals surface area contributed by atoms with Crippen molar-refractivity contribution in [3.05, 3.63) is 82.0 Å². The molecule has 0 aliphatic rings. The number of nitrogens with one attached hydrogen (secondary N) is 1. The Hall–Kier alpha value is -3.92. The smallest absolute Gasteiger partial charge is 0.350 e. The van der Waals surface area contributed by atoms with Crippen LogP contribution in [0.15, 0.2) is 69.6 Å². The first-order valence-corrected chi connectivity index (χ1v) is 10.8. The second-order valence-electron chi connectivity index (χ2n) is 7.35. The fourth-order valence-electron chi connectivity index (χ4n) is 3.26. The number of carbonyl (C=O) groups excluding carboxylic acids is 2. The number of hydrogen-bond donors (Lipinski definition) is 1. The van der Waals surface area contributed by atoms with Gasteiger partial charge in [0.1, 0.15) is 11.6 Å². The molecule has 4 aromatic rings. The zero-order valence-corrected chi connectivity index (χ0v) is 19.0. The number of hydrogen-bond acceptors (Lipinski definition) is 7. The molecule has 2 aromatic carbocycles. The van der Waals surface area contributed by atoms with Crippen molar-refractivity contribution in [2.45, 2.75) is 30.3 Å². The molecule has 0 aliphatic carbocycles. The van der Waals surface area contributed by atoms with Crippen LogP contribution in [0.2, 0.25) is 0 Å². The molecule has 0 saturated carbocycles. The Labute approximate surface area is 193 Å². The molecule has 1 N–H and O–H groups in total. The summed E-state index contributed by atoms with van der Waals surface area (Å²) in [5, 5.41) is 7.61. The van der Waals surface area contributed by atoms with Gasteiger partial charge in [0, 0.05) is 23.0 Å². The minimum atomic E-state index is -0.466. The average Bonchev–Trinajstić information content (AvgIpc) is 3.11. The summed E-state index contributed by atoms with van der Waals surface area (Å²) in [7, 11) is 1.30. The number of methoxy groups -OCH3 is 1. The SMILES string of the molecule is COC(=O)c1ccc(NC(=O)Cn2nc3c(Sc4ccc(C)cc4C)nccn3c2=O)cc1. The lowest BCUT2D eigenvalue weighted by Gasteiger charge is -2.06. The maximum Gasteiger partial charge on any atom is 0.350 e. The van der Waals surface area contributed by atoms with Crippen LogP contribution < -0.4 is 11.0 Å². The molecule has 0 atom stereocenters. The number of fused-ring (bicyclic) bond motifs is 1. The number of esters is 1. The standard InChI is InChI=1S/C23H21N5O4S/c1-14-4-9-18(15(2)12-14)33-21-20-26-28(23(31)27(20)11-10-24-21)13-19(29)25-17-7-5-16(6-8-17)22(30)32-3/h4-12H,13H2,1-3H3,(H,25,29). The van der Waals surface area contributed by atoms with Crippen LogP contribution in [0.25, 0.3) is 5.65 Å². The average molecular weight is 464 g/mol. The number of aromatic nitrogens is 4. The van der Waals surface area contributed by atoms with Gasteiger partial charge in [-0.15, -0.1) is 5.10 Å². The Morgan fingerprint density at radius 3 is 2.58 bits per heavy atom. The first-order valence-electron chi connectivity index (χ1n) is 10.0. The van der Waals surface area contributed by atoms with E-state index in [2.05, 4.69) is 26.2 Å². The van der Waals surface area contributed by atoms with Crippen molar-refractivity contribution in [2.75, 3.05) is 12.4 Å². The van der Waals surface area contributed by atoms with E-state index < -0.39 is 17.6 Å². The van der Waals surface area contributed by atoms with Crippen LogP contribution in [0.5, 0.6) is 0 Å². The maximum atomic E-state index is 12.8. The van der Waals surface area contributed by atoms with Crippen molar-refractivity contribution < 1.29 is 14.3 Å². The number of aryl methyl sites for hydroxylation is 2. The molecule has 0 aliphatic heterocycles. The zero-order valence-electron chi connectivity index (χ0n) is 18.2. The van der Waals surface area contributed by atoms with Gasteiger partial charge in [-0.05, 0) is 49.7 Å². The second kappa shape index (κ2) is 9.29. The molecule has 4 rings (SSSR count). The van der Waals surface area contributed by atoms with E-state index in [1.165, 1.54) is 35.7 Å². The summed E-state index contributed by atoms with van der Waals surface area (Å²) in [4.78, 5) is 42.2. The lowest BCUT2D eigenvalue weighted by atomic mass is 10.2. The Morgan fingerprint density at radius 1 is 1.12 bits per heavy atom. The van der Waals surface area contributed by atoms with Crippen LogP contribution in [0.3, 0.4) is 0 Å². The van der Waals surface area contributed by atoms with Crippen molar-refractivity contribution in [3.8, 4) is 0 Å². The van der Waals surface area contributed by atoms with E-state index in [1.807, 2.05) is 26.0 Å². The van der Waals surface area contributed by atoms with Crippen LogP contribution in [0.4, 0.5) is 5.69 Å². The number of amides is 1. The van der Waals surface area contributed by atoms with Gasteiger partial charge in [-0.2, -0.15) is 0 Å². The number of nitrogens with zero attached hydrogens (tertiary/aromatic N) is 4. The molecular weight excluding hydrogens is 442 g/mol. The van der Waals surface area contributed by atoms with E-state index in [4.69, 9.17) is 0 Å². The number of ether oxygens (including phenoxy) is 1. The third-order valence-corrected chi connectivity index (χ3v) is 6.05. The highest BCUT2D eigenvalue weighted by Gasteiger charge is 2.16. The fourth-order valence-corrected chi connectivity index (χ4v) is 4.17. The molecule has 168 valence electrons. The third-order valence-electron chi connectivity index (χ3n) is 4.89. The number of rotatable bonds is 6. The van der Waals surface area contributed by atoms with Crippen LogP contribution in [-0.2, 0) is 16.1 Å². The molecule has 0 bridgehead atoms. The molecule has 0 unspecified atom stereocenters. The predicted octanol–water partition coefficient (Wildman–Crippen LogP) is 3.08. The summed E-state index contributed by atoms with van der Waals surface area (Å²) in [5.74, 6) is -0.893. The van der Waals surface area contributed by atoms with Crippen molar-refractivity contribution in [3.63, 3.8) is 0 Å². The van der Waals surface area contributed by atoms with Crippen molar-refractivity contribution in [1.82, 2.24) is 19.2 Å². The summed E-state index contributed by atoms with van der Waals surface area (Å²) in [6.45, 7) is 3.77. The number of benzene rings is 2. The maximum absolute atomic E-state index is 12.8. The van der Waals surface area contributed by atoms with Crippen LogP contribution >= 0.6 is 11.8 Å². The third kappa shape index (κ3) is 4.80. The highest BCUT2D eigenvalue weighted by atomic mass is 32.2. The lowest BCUT2D eigenvalue weighted by molar-refractivity contribution is -0.117. The normalized spacial score (nSPS) is 10.9. The summed E-state index contributed by atoms with van der Waals surface area (Å²) >= 11 is 1.42. The van der Waals surface area contributed by atoms with Gasteiger partial charge in [-0.25, -0.2) is 23.7 Å². The molecule has 9 nitrogen and oxygen atoms in total. The first kappa shape index (κ1) is 22.3. The van der Waals surface area contributed by atoms with Gasteiger partial charge in [0.25, 0.3) is 0 Å². The van der Waals surface area contributed by atoms with Gasteiger partial charge in [-0.3, -0.25) is 4.79 Å². The Kier molecular flexibility index (Phi) is 6.27. The van der Waals surface area contributed by atoms with Gasteiger partial charge >= 0.3 is 11.7 Å². The van der Waals surface area contributed by atoms with E-state index >= 15 is 0 Å². The molecular formula is C23H21N5O4S. The van der Waals surface area contributed by atoms with Crippen LogP contribution in [0.1, 0.15) is 21.5 Å². The van der Waals surface area contributed by atoms with E-state index in [-0.39, 0.29) is 6.54 Å². The molecule has 0 radical (unpaired) electrons. The Balaban J connectivity index is 1.54. The molecule has 0 spiro atoms. The first-order chi connectivity index (χ1) is 15.9. The van der Waals surface area contributed by atoms with Gasteiger partial charge in [0.15, 0.2) is 5.65 Å². The summed E-state index contributed by atoms with van der Waals surface area (Å²) in [6.07, 6.45) is 3.06. The second-order valence-corrected chi connectivity index (χ2v) is 8.38. The molecule has 10 heteroatoms. The molecule has 0 fully saturated rings. The highest BCUT2D eigenvalue weighted by molar-refractivity contribution is 7.99. The van der Waals surface area contributed by atoms with Gasteiger partial charge in [-0.1, -0.05) is 29.5 Å². The lowest BCUT2D eigenvalue weighted by Crippen LogP contribution is -2.28. The van der Waals surface area contributed by atoms with Gasteiger partial charge in [0.05, 0.1) is 12.7 Å². The zero-order chi connectivity index (χ0) is 23.5. The molecule has 2 aromatic heterocycles. The topological polar surface area (TPSA) is 108 Å². The summed E-state index contributed by atoms with van der Waals surface area (Å²) in [6, 6.07) is 12.4. The minimum Gasteiger partial charge on any atom is -0.465 e. The number of anilines is 1. The highest BCUT2D eigenvalue weighted by Crippen LogP contribution is 2.31. The van der Waals surface area contributed by atoms with Crippen molar-refractivity contribution >= 4 is 35.0 Å². The van der Waals surface area contributed by atoms with Crippen molar-refractivity contribution in [2.24, 2.45) is 0 Å². The van der Waals surface area contributed by atoms with E-state index in [0.29, 0.717) is 21.9 Å². The Bertz CT molecular complexity index is 1410. The predicted molar refractivity (Wildman–Crippen MR) is 124 cm³/mol. The van der Waals surface area contributed by atoms with Gasteiger partial charge < -0.3 is 10.1 Å². The summed E-state index contributed by atoms with van der Waals surface area (Å²) < 4.78 is 7.13. The van der Waals surface area contributed by atoms with E-state index in [0.717, 1.165) is 20.7 Å². The van der Waals surface area contributed by atoms with E-state index in [9.17, 15) is 14.4 Å². The van der Waals surface area contributed by atoms with Crippen molar-refractivity contribution in [1.29, 1.82) is 0 Å². The molecule has 2 heterocycles.